The Hall–Kier alpha value is -2.02. The van der Waals surface area contributed by atoms with E-state index < -0.39 is 0 Å². The average molecular weight is 304 g/mol. The molecule has 0 spiro atoms. The number of aryl methyl sites for hydroxylation is 1. The van der Waals surface area contributed by atoms with Crippen LogP contribution in [0.5, 0.6) is 0 Å². The monoisotopic (exact) mass is 304 g/mol. The summed E-state index contributed by atoms with van der Waals surface area (Å²) >= 11 is 0. The van der Waals surface area contributed by atoms with Gasteiger partial charge in [0.05, 0.1) is 11.4 Å². The maximum Gasteiger partial charge on any atom is 0.154 e. The van der Waals surface area contributed by atoms with Crippen molar-refractivity contribution in [2.24, 2.45) is 0 Å². The summed E-state index contributed by atoms with van der Waals surface area (Å²) in [4.78, 5) is 9.43. The Morgan fingerprint density at radius 1 is 1.41 bits per heavy atom. The minimum Gasteiger partial charge on any atom is -0.382 e. The van der Waals surface area contributed by atoms with Crippen LogP contribution < -0.4 is 16.5 Å². The van der Waals surface area contributed by atoms with Crippen molar-refractivity contribution in [3.63, 3.8) is 0 Å². The number of hydrogen-bond donors (Lipinski definition) is 3. The third-order valence-corrected chi connectivity index (χ3v) is 3.73. The maximum atomic E-state index is 6.28. The Morgan fingerprint density at radius 2 is 2.23 bits per heavy atom. The zero-order chi connectivity index (χ0) is 15.7. The molecule has 2 aromatic heterocycles. The number of hydrogen-bond acceptors (Lipinski definition) is 6. The van der Waals surface area contributed by atoms with E-state index in [0.717, 1.165) is 47.6 Å². The van der Waals surface area contributed by atoms with Gasteiger partial charge in [-0.2, -0.15) is 0 Å². The SMILES string of the molecule is CCOCc1nc2c(NC(C)C)nc3c(c2n1N)NCCC3. The van der Waals surface area contributed by atoms with Crippen molar-refractivity contribution in [3.8, 4) is 0 Å². The fourth-order valence-corrected chi connectivity index (χ4v) is 2.77. The van der Waals surface area contributed by atoms with E-state index >= 15 is 0 Å². The third-order valence-electron chi connectivity index (χ3n) is 3.73. The lowest BCUT2D eigenvalue weighted by molar-refractivity contribution is 0.127. The largest absolute Gasteiger partial charge is 0.382 e. The van der Waals surface area contributed by atoms with E-state index in [0.29, 0.717) is 19.0 Å². The Balaban J connectivity index is 2.18. The summed E-state index contributed by atoms with van der Waals surface area (Å²) in [7, 11) is 0. The molecule has 0 fully saturated rings. The van der Waals surface area contributed by atoms with Crippen LogP contribution in [0, 0.1) is 0 Å². The highest BCUT2D eigenvalue weighted by atomic mass is 16.5. The van der Waals surface area contributed by atoms with Crippen molar-refractivity contribution in [1.82, 2.24) is 14.6 Å². The molecule has 0 aliphatic carbocycles. The van der Waals surface area contributed by atoms with Gasteiger partial charge in [-0.1, -0.05) is 0 Å². The standard InChI is InChI=1S/C15H24N6O/c1-4-22-8-11-20-13-14(21(11)16)12-10(6-5-7-17-12)19-15(13)18-9(2)3/h9,17H,4-8,16H2,1-3H3,(H,18,19). The number of fused-ring (bicyclic) bond motifs is 3. The summed E-state index contributed by atoms with van der Waals surface area (Å²) in [5.41, 5.74) is 3.77. The Morgan fingerprint density at radius 3 is 2.95 bits per heavy atom. The van der Waals surface area contributed by atoms with Crippen LogP contribution in [-0.4, -0.2) is 33.8 Å². The minimum atomic E-state index is 0.281. The van der Waals surface area contributed by atoms with Crippen LogP contribution >= 0.6 is 0 Å². The summed E-state index contributed by atoms with van der Waals surface area (Å²) in [6, 6.07) is 0.281. The van der Waals surface area contributed by atoms with E-state index in [1.165, 1.54) is 0 Å². The predicted molar refractivity (Wildman–Crippen MR) is 88.6 cm³/mol. The van der Waals surface area contributed by atoms with Gasteiger partial charge in [-0.25, -0.2) is 14.6 Å². The summed E-state index contributed by atoms with van der Waals surface area (Å²) in [5.74, 6) is 7.80. The second kappa shape index (κ2) is 6.00. The predicted octanol–water partition coefficient (Wildman–Crippen LogP) is 1.86. The number of nitrogens with one attached hydrogen (secondary N) is 2. The number of rotatable bonds is 5. The molecule has 3 heterocycles. The van der Waals surface area contributed by atoms with Crippen molar-refractivity contribution in [2.75, 3.05) is 29.6 Å². The zero-order valence-electron chi connectivity index (χ0n) is 13.4. The molecule has 0 radical (unpaired) electrons. The lowest BCUT2D eigenvalue weighted by Gasteiger charge is -2.20. The number of imidazole rings is 1. The molecule has 1 aliphatic heterocycles. The number of nitrogens with zero attached hydrogens (tertiary/aromatic N) is 3. The van der Waals surface area contributed by atoms with E-state index in [1.54, 1.807) is 4.68 Å². The van der Waals surface area contributed by atoms with E-state index in [9.17, 15) is 0 Å². The van der Waals surface area contributed by atoms with Gasteiger partial charge in [-0.05, 0) is 33.6 Å². The fraction of sp³-hybridized carbons (Fsp3) is 0.600. The Bertz CT molecular complexity index is 678. The van der Waals surface area contributed by atoms with Crippen molar-refractivity contribution in [1.29, 1.82) is 0 Å². The summed E-state index contributed by atoms with van der Waals surface area (Å²) in [6.07, 6.45) is 2.04. The molecule has 3 rings (SSSR count). The van der Waals surface area contributed by atoms with Gasteiger partial charge in [0.25, 0.3) is 0 Å². The second-order valence-electron chi connectivity index (χ2n) is 5.84. The van der Waals surface area contributed by atoms with Crippen molar-refractivity contribution >= 4 is 22.5 Å². The first kappa shape index (κ1) is 14.9. The van der Waals surface area contributed by atoms with Crippen LogP contribution in [0.4, 0.5) is 11.5 Å². The van der Waals surface area contributed by atoms with Gasteiger partial charge in [-0.3, -0.25) is 0 Å². The molecular weight excluding hydrogens is 280 g/mol. The van der Waals surface area contributed by atoms with Gasteiger partial charge in [-0.15, -0.1) is 0 Å². The van der Waals surface area contributed by atoms with E-state index in [1.807, 2.05) is 6.92 Å². The van der Waals surface area contributed by atoms with E-state index in [-0.39, 0.29) is 6.04 Å². The van der Waals surface area contributed by atoms with Crippen LogP contribution in [0.25, 0.3) is 11.0 Å². The molecule has 22 heavy (non-hydrogen) atoms. The second-order valence-corrected chi connectivity index (χ2v) is 5.84. The molecule has 0 bridgehead atoms. The van der Waals surface area contributed by atoms with Crippen LogP contribution in [-0.2, 0) is 17.8 Å². The molecule has 0 amide bonds. The molecule has 0 saturated heterocycles. The van der Waals surface area contributed by atoms with E-state index in [2.05, 4.69) is 29.5 Å². The smallest absolute Gasteiger partial charge is 0.154 e. The highest BCUT2D eigenvalue weighted by Gasteiger charge is 2.23. The highest BCUT2D eigenvalue weighted by molar-refractivity contribution is 5.97. The summed E-state index contributed by atoms with van der Waals surface area (Å²) in [6.45, 7) is 8.11. The topological polar surface area (TPSA) is 90.0 Å². The van der Waals surface area contributed by atoms with Gasteiger partial charge in [0, 0.05) is 19.2 Å². The molecule has 0 unspecified atom stereocenters. The average Bonchev–Trinajstić information content (AvgIpc) is 2.82. The molecule has 0 saturated carbocycles. The maximum absolute atomic E-state index is 6.28. The van der Waals surface area contributed by atoms with Crippen LogP contribution in [0.2, 0.25) is 0 Å². The molecule has 1 aliphatic rings. The zero-order valence-corrected chi connectivity index (χ0v) is 13.4. The molecule has 7 heteroatoms. The number of pyridine rings is 1. The van der Waals surface area contributed by atoms with Gasteiger partial charge in [0.15, 0.2) is 11.6 Å². The number of nitrogen functional groups attached to an aromatic ring is 1. The van der Waals surface area contributed by atoms with Gasteiger partial charge in [0.2, 0.25) is 0 Å². The summed E-state index contributed by atoms with van der Waals surface area (Å²) in [5, 5.41) is 6.81. The molecule has 4 N–H and O–H groups in total. The minimum absolute atomic E-state index is 0.281. The van der Waals surface area contributed by atoms with Crippen molar-refractivity contribution in [2.45, 2.75) is 46.3 Å². The fourth-order valence-electron chi connectivity index (χ4n) is 2.77. The van der Waals surface area contributed by atoms with Gasteiger partial charge in [0.1, 0.15) is 17.6 Å². The third kappa shape index (κ3) is 2.56. The lowest BCUT2D eigenvalue weighted by atomic mass is 10.1. The summed E-state index contributed by atoms with van der Waals surface area (Å²) < 4.78 is 7.10. The van der Waals surface area contributed by atoms with Crippen molar-refractivity contribution in [3.05, 3.63) is 11.5 Å². The molecular formula is C15H24N6O. The normalized spacial score (nSPS) is 14.2. The quantitative estimate of drug-likeness (QED) is 0.731. The number of aromatic nitrogens is 3. The molecule has 7 nitrogen and oxygen atoms in total. The molecule has 2 aromatic rings. The van der Waals surface area contributed by atoms with Crippen LogP contribution in [0.1, 0.15) is 38.7 Å². The molecule has 120 valence electrons. The first-order valence-corrected chi connectivity index (χ1v) is 7.89. The lowest BCUT2D eigenvalue weighted by Crippen LogP contribution is -2.20. The Labute approximate surface area is 130 Å². The van der Waals surface area contributed by atoms with E-state index in [4.69, 9.17) is 15.6 Å². The number of anilines is 2. The van der Waals surface area contributed by atoms with Gasteiger partial charge < -0.3 is 21.2 Å². The van der Waals surface area contributed by atoms with Crippen molar-refractivity contribution < 1.29 is 4.74 Å². The molecule has 0 atom stereocenters. The number of nitrogens with two attached hydrogens (primary N) is 1. The Kier molecular flexibility index (Phi) is 4.06. The van der Waals surface area contributed by atoms with Crippen LogP contribution in [0.15, 0.2) is 0 Å². The number of ether oxygens (including phenoxy) is 1. The molecule has 0 aromatic carbocycles. The highest BCUT2D eigenvalue weighted by Crippen LogP contribution is 2.33. The first-order valence-electron chi connectivity index (χ1n) is 7.89. The first-order chi connectivity index (χ1) is 10.6. The van der Waals surface area contributed by atoms with Crippen LogP contribution in [0.3, 0.4) is 0 Å². The van der Waals surface area contributed by atoms with Gasteiger partial charge >= 0.3 is 0 Å².